The van der Waals surface area contributed by atoms with Crippen molar-refractivity contribution in [2.45, 2.75) is 26.2 Å². The van der Waals surface area contributed by atoms with E-state index in [0.717, 1.165) is 0 Å². The first kappa shape index (κ1) is 24.8. The van der Waals surface area contributed by atoms with Crippen molar-refractivity contribution in [2.24, 2.45) is 0 Å². The second-order valence-corrected chi connectivity index (χ2v) is 12.6. The lowest BCUT2D eigenvalue weighted by Crippen LogP contribution is -2.10. The van der Waals surface area contributed by atoms with Crippen molar-refractivity contribution >= 4 is 43.1 Å². The molecule has 8 aromatic rings. The zero-order chi connectivity index (χ0) is 28.4. The molecule has 0 aliphatic carbocycles. The summed E-state index contributed by atoms with van der Waals surface area (Å²) in [5.41, 5.74) is 9.11. The summed E-state index contributed by atoms with van der Waals surface area (Å²) in [5, 5.41) is 10.4. The van der Waals surface area contributed by atoms with Gasteiger partial charge in [0.05, 0.1) is 0 Å². The van der Waals surface area contributed by atoms with Gasteiger partial charge < -0.3 is 0 Å². The van der Waals surface area contributed by atoms with Crippen molar-refractivity contribution in [2.75, 3.05) is 0 Å². The van der Waals surface area contributed by atoms with Crippen LogP contribution in [-0.2, 0) is 5.41 Å². The highest BCUT2D eigenvalue weighted by atomic mass is 14.2. The lowest BCUT2D eigenvalue weighted by molar-refractivity contribution is 0.590. The number of rotatable bonds is 3. The van der Waals surface area contributed by atoms with E-state index in [1.54, 1.807) is 0 Å². The van der Waals surface area contributed by atoms with Crippen LogP contribution in [0.1, 0.15) is 26.3 Å². The van der Waals surface area contributed by atoms with E-state index in [2.05, 4.69) is 160 Å². The molecule has 0 amide bonds. The number of benzene rings is 8. The maximum Gasteiger partial charge on any atom is -0.00203 e. The summed E-state index contributed by atoms with van der Waals surface area (Å²) in [6.07, 6.45) is 0. The summed E-state index contributed by atoms with van der Waals surface area (Å²) in [6, 6.07) is 51.9. The van der Waals surface area contributed by atoms with Gasteiger partial charge in [0.25, 0.3) is 0 Å². The molecule has 0 radical (unpaired) electrons. The molecule has 0 fully saturated rings. The highest BCUT2D eigenvalue weighted by molar-refractivity contribution is 6.28. The molecule has 0 N–H and O–H groups in total. The summed E-state index contributed by atoms with van der Waals surface area (Å²) < 4.78 is 0. The van der Waals surface area contributed by atoms with E-state index in [9.17, 15) is 0 Å². The molecule has 8 rings (SSSR count). The van der Waals surface area contributed by atoms with Gasteiger partial charge in [-0.1, -0.05) is 148 Å². The van der Waals surface area contributed by atoms with Crippen LogP contribution in [0.5, 0.6) is 0 Å². The van der Waals surface area contributed by atoms with Crippen LogP contribution in [0.15, 0.2) is 140 Å². The zero-order valence-corrected chi connectivity index (χ0v) is 24.3. The van der Waals surface area contributed by atoms with E-state index in [1.165, 1.54) is 82.0 Å². The van der Waals surface area contributed by atoms with Crippen molar-refractivity contribution in [1.82, 2.24) is 0 Å². The maximum atomic E-state index is 2.38. The van der Waals surface area contributed by atoms with E-state index >= 15 is 0 Å². The first-order chi connectivity index (χ1) is 20.5. The van der Waals surface area contributed by atoms with Gasteiger partial charge in [0, 0.05) is 0 Å². The fraction of sp³-hybridized carbons (Fsp3) is 0.0952. The summed E-state index contributed by atoms with van der Waals surface area (Å²) in [7, 11) is 0. The molecule has 8 aromatic carbocycles. The fourth-order valence-corrected chi connectivity index (χ4v) is 6.76. The Labute approximate surface area is 247 Å². The van der Waals surface area contributed by atoms with Gasteiger partial charge in [0.15, 0.2) is 0 Å². The minimum Gasteiger partial charge on any atom is -0.0622 e. The second kappa shape index (κ2) is 9.29. The van der Waals surface area contributed by atoms with E-state index in [1.807, 2.05) is 0 Å². The number of hydrogen-bond acceptors (Lipinski definition) is 0. The second-order valence-electron chi connectivity index (χ2n) is 12.6. The molecule has 0 spiro atoms. The molecule has 0 nitrogen and oxygen atoms in total. The number of fused-ring (bicyclic) bond motifs is 1. The van der Waals surface area contributed by atoms with Gasteiger partial charge in [-0.15, -0.1) is 0 Å². The minimum absolute atomic E-state index is 0.138. The van der Waals surface area contributed by atoms with Gasteiger partial charge in [-0.05, 0) is 99.6 Å². The lowest BCUT2D eigenvalue weighted by atomic mass is 9.84. The summed E-state index contributed by atoms with van der Waals surface area (Å²) in [4.78, 5) is 0. The van der Waals surface area contributed by atoms with Gasteiger partial charge in [0.2, 0.25) is 0 Å². The molecular formula is C42H32. The van der Waals surface area contributed by atoms with E-state index < -0.39 is 0 Å². The smallest absolute Gasteiger partial charge is 0.00203 e. The monoisotopic (exact) mass is 536 g/mol. The van der Waals surface area contributed by atoms with Crippen LogP contribution in [0.25, 0.3) is 76.5 Å². The van der Waals surface area contributed by atoms with E-state index in [4.69, 9.17) is 0 Å². The Morgan fingerprint density at radius 2 is 0.857 bits per heavy atom. The molecule has 0 aromatic heterocycles. The minimum atomic E-state index is 0.138. The van der Waals surface area contributed by atoms with Crippen LogP contribution in [0.3, 0.4) is 0 Å². The molecule has 0 atom stereocenters. The Bertz CT molecular complexity index is 2240. The van der Waals surface area contributed by atoms with Crippen LogP contribution in [0.4, 0.5) is 0 Å². The molecule has 0 saturated heterocycles. The van der Waals surface area contributed by atoms with Crippen molar-refractivity contribution in [3.8, 4) is 33.4 Å². The number of hydrogen-bond donors (Lipinski definition) is 0. The van der Waals surface area contributed by atoms with Crippen LogP contribution >= 0.6 is 0 Å². The van der Waals surface area contributed by atoms with Gasteiger partial charge in [0.1, 0.15) is 0 Å². The van der Waals surface area contributed by atoms with Crippen molar-refractivity contribution < 1.29 is 0 Å². The molecule has 0 heterocycles. The summed E-state index contributed by atoms with van der Waals surface area (Å²) in [5.74, 6) is 0. The van der Waals surface area contributed by atoms with E-state index in [0.29, 0.717) is 0 Å². The molecule has 0 unspecified atom stereocenters. The Hall–Kier alpha value is -4.94. The predicted molar refractivity (Wildman–Crippen MR) is 183 cm³/mol. The van der Waals surface area contributed by atoms with Crippen LogP contribution < -0.4 is 0 Å². The first-order valence-electron chi connectivity index (χ1n) is 14.9. The van der Waals surface area contributed by atoms with Crippen LogP contribution in [0.2, 0.25) is 0 Å². The molecule has 0 saturated carbocycles. The summed E-state index contributed by atoms with van der Waals surface area (Å²) >= 11 is 0. The molecule has 42 heavy (non-hydrogen) atoms. The summed E-state index contributed by atoms with van der Waals surface area (Å²) in [6.45, 7) is 6.82. The highest BCUT2D eigenvalue weighted by Gasteiger charge is 2.18. The first-order valence-corrected chi connectivity index (χ1v) is 14.9. The van der Waals surface area contributed by atoms with Gasteiger partial charge in [-0.2, -0.15) is 0 Å². The largest absolute Gasteiger partial charge is 0.0622 e. The standard InChI is InChI=1S/C42H32/c1-42(2,3)33-19-13-28(14-20-33)34-21-15-29-18-24-37-35(22-16-30-17-23-36(34)40(29)41(30)37)39-26-32-12-8-7-11-31(32)25-38(39)27-9-5-4-6-10-27/h4-26H,1-3H3. The molecule has 0 aliphatic heterocycles. The van der Waals surface area contributed by atoms with Crippen molar-refractivity contribution in [3.63, 3.8) is 0 Å². The van der Waals surface area contributed by atoms with Crippen molar-refractivity contribution in [3.05, 3.63) is 145 Å². The molecule has 0 aliphatic rings. The van der Waals surface area contributed by atoms with Gasteiger partial charge >= 0.3 is 0 Å². The van der Waals surface area contributed by atoms with E-state index in [-0.39, 0.29) is 5.41 Å². The quantitative estimate of drug-likeness (QED) is 0.197. The third-order valence-electron chi connectivity index (χ3n) is 8.99. The third kappa shape index (κ3) is 3.90. The SMILES string of the molecule is CC(C)(C)c1ccc(-c2ccc3ccc4c(-c5cc6ccccc6cc5-c5ccccc5)ccc5ccc2c3c54)cc1. The molecule has 200 valence electrons. The normalized spacial score (nSPS) is 12.2. The topological polar surface area (TPSA) is 0 Å². The average Bonchev–Trinajstić information content (AvgIpc) is 3.03. The third-order valence-corrected chi connectivity index (χ3v) is 8.99. The molecule has 0 bridgehead atoms. The lowest BCUT2D eigenvalue weighted by Gasteiger charge is -2.20. The Morgan fingerprint density at radius 1 is 0.357 bits per heavy atom. The van der Waals surface area contributed by atoms with Crippen LogP contribution in [-0.4, -0.2) is 0 Å². The predicted octanol–water partition coefficient (Wildman–Crippen LogP) is 12.0. The maximum absolute atomic E-state index is 2.38. The highest BCUT2D eigenvalue weighted by Crippen LogP contribution is 2.45. The van der Waals surface area contributed by atoms with Gasteiger partial charge in [-0.25, -0.2) is 0 Å². The zero-order valence-electron chi connectivity index (χ0n) is 24.3. The Kier molecular flexibility index (Phi) is 5.49. The fourth-order valence-electron chi connectivity index (χ4n) is 6.76. The van der Waals surface area contributed by atoms with Gasteiger partial charge in [-0.3, -0.25) is 0 Å². The molecular weight excluding hydrogens is 504 g/mol. The van der Waals surface area contributed by atoms with Crippen molar-refractivity contribution in [1.29, 1.82) is 0 Å². The molecule has 0 heteroatoms. The van der Waals surface area contributed by atoms with Crippen LogP contribution in [0, 0.1) is 0 Å². The Balaban J connectivity index is 1.40. The Morgan fingerprint density at radius 3 is 1.48 bits per heavy atom. The average molecular weight is 537 g/mol.